The zero-order valence-electron chi connectivity index (χ0n) is 13.7. The molecule has 0 aliphatic carbocycles. The molecule has 3 rings (SSSR count). The molecule has 1 aromatic carbocycles. The average molecular weight is 315 g/mol. The van der Waals surface area contributed by atoms with E-state index in [-0.39, 0.29) is 5.91 Å². The molecule has 6 nitrogen and oxygen atoms in total. The van der Waals surface area contributed by atoms with E-state index >= 15 is 0 Å². The fraction of sp³-hybridized carbons (Fsp3) is 0.471. The fourth-order valence-corrected chi connectivity index (χ4v) is 3.14. The monoisotopic (exact) mass is 315 g/mol. The molecule has 2 N–H and O–H groups in total. The van der Waals surface area contributed by atoms with Crippen molar-refractivity contribution in [2.75, 3.05) is 16.8 Å². The maximum absolute atomic E-state index is 12.0. The van der Waals surface area contributed by atoms with Gasteiger partial charge < -0.3 is 15.5 Å². The van der Waals surface area contributed by atoms with Crippen LogP contribution in [0.1, 0.15) is 38.3 Å². The molecule has 23 heavy (non-hydrogen) atoms. The Kier molecular flexibility index (Phi) is 3.62. The molecule has 3 amide bonds. The first-order valence-electron chi connectivity index (χ1n) is 7.84. The van der Waals surface area contributed by atoms with Gasteiger partial charge >= 0.3 is 11.8 Å². The highest BCUT2D eigenvalue weighted by Gasteiger charge is 2.32. The molecule has 0 fully saturated rings. The molecule has 2 heterocycles. The molecule has 6 heteroatoms. The summed E-state index contributed by atoms with van der Waals surface area (Å²) in [7, 11) is 0. The number of amides is 3. The molecule has 0 unspecified atom stereocenters. The second kappa shape index (κ2) is 5.37. The van der Waals surface area contributed by atoms with Gasteiger partial charge in [0.05, 0.1) is 12.1 Å². The molecule has 122 valence electrons. The van der Waals surface area contributed by atoms with Crippen molar-refractivity contribution in [3.63, 3.8) is 0 Å². The number of benzene rings is 1. The van der Waals surface area contributed by atoms with Crippen LogP contribution in [0.3, 0.4) is 0 Å². The summed E-state index contributed by atoms with van der Waals surface area (Å²) in [5.41, 5.74) is 3.10. The zero-order valence-corrected chi connectivity index (χ0v) is 13.7. The highest BCUT2D eigenvalue weighted by Crippen LogP contribution is 2.38. The molecule has 0 spiro atoms. The molecule has 1 aromatic rings. The number of rotatable bonds is 1. The molecular formula is C17H21N3O3. The number of nitrogens with one attached hydrogen (secondary N) is 2. The van der Waals surface area contributed by atoms with Gasteiger partial charge in [-0.25, -0.2) is 0 Å². The first-order valence-corrected chi connectivity index (χ1v) is 7.84. The second-order valence-electron chi connectivity index (χ2n) is 7.13. The second-order valence-corrected chi connectivity index (χ2v) is 7.13. The van der Waals surface area contributed by atoms with Crippen LogP contribution >= 0.6 is 0 Å². The lowest BCUT2D eigenvalue weighted by atomic mass is 9.99. The van der Waals surface area contributed by atoms with E-state index in [9.17, 15) is 14.4 Å². The number of hydrogen-bond donors (Lipinski definition) is 2. The van der Waals surface area contributed by atoms with Crippen LogP contribution in [0.25, 0.3) is 0 Å². The number of carbonyl (C=O) groups is 3. The van der Waals surface area contributed by atoms with Gasteiger partial charge in [0, 0.05) is 17.8 Å². The Bertz CT molecular complexity index is 704. The van der Waals surface area contributed by atoms with E-state index in [4.69, 9.17) is 0 Å². The lowest BCUT2D eigenvalue weighted by Crippen LogP contribution is -2.46. The van der Waals surface area contributed by atoms with Gasteiger partial charge in [-0.2, -0.15) is 0 Å². The first kappa shape index (κ1) is 15.5. The van der Waals surface area contributed by atoms with E-state index in [0.717, 1.165) is 36.2 Å². The van der Waals surface area contributed by atoms with Crippen LogP contribution in [0.2, 0.25) is 0 Å². The average Bonchev–Trinajstić information content (AvgIpc) is 2.75. The predicted octanol–water partition coefficient (Wildman–Crippen LogP) is 1.38. The molecule has 2 aliphatic heterocycles. The van der Waals surface area contributed by atoms with Crippen molar-refractivity contribution in [2.45, 2.75) is 45.6 Å². The minimum atomic E-state index is -0.691. The molecule has 0 radical (unpaired) electrons. The van der Waals surface area contributed by atoms with Gasteiger partial charge in [0.1, 0.15) is 0 Å². The van der Waals surface area contributed by atoms with Crippen LogP contribution in [0, 0.1) is 0 Å². The van der Waals surface area contributed by atoms with Gasteiger partial charge in [-0.05, 0) is 56.9 Å². The van der Waals surface area contributed by atoms with Gasteiger partial charge in [0.2, 0.25) is 5.91 Å². The highest BCUT2D eigenvalue weighted by atomic mass is 16.2. The number of hydrogen-bond acceptors (Lipinski definition) is 3. The third-order valence-electron chi connectivity index (χ3n) is 3.96. The van der Waals surface area contributed by atoms with Crippen molar-refractivity contribution in [3.8, 4) is 0 Å². The van der Waals surface area contributed by atoms with E-state index in [1.54, 1.807) is 6.07 Å². The Morgan fingerprint density at radius 1 is 1.13 bits per heavy atom. The summed E-state index contributed by atoms with van der Waals surface area (Å²) in [6.07, 6.45) is 2.16. The Morgan fingerprint density at radius 3 is 2.52 bits per heavy atom. The topological polar surface area (TPSA) is 78.5 Å². The minimum Gasteiger partial charge on any atom is -0.343 e. The van der Waals surface area contributed by atoms with Crippen LogP contribution in [-0.2, 0) is 27.2 Å². The van der Waals surface area contributed by atoms with E-state index in [0.29, 0.717) is 12.1 Å². The molecule has 2 aliphatic rings. The summed E-state index contributed by atoms with van der Waals surface area (Å²) in [6.45, 7) is 6.21. The normalized spacial score (nSPS) is 16.1. The summed E-state index contributed by atoms with van der Waals surface area (Å²) in [5.74, 6) is -1.25. The van der Waals surface area contributed by atoms with Gasteiger partial charge in [-0.15, -0.1) is 0 Å². The third kappa shape index (κ3) is 3.06. The van der Waals surface area contributed by atoms with Crippen LogP contribution in [0.5, 0.6) is 0 Å². The quantitative estimate of drug-likeness (QED) is 0.768. The van der Waals surface area contributed by atoms with Crippen molar-refractivity contribution in [3.05, 3.63) is 23.3 Å². The summed E-state index contributed by atoms with van der Waals surface area (Å²) in [6, 6.07) is 3.66. The van der Waals surface area contributed by atoms with Crippen LogP contribution < -0.4 is 15.5 Å². The standard InChI is InChI=1S/C17H21N3O3/c1-17(2,3)19-16(23)15(22)18-12-7-10-5-4-6-20-13(21)9-11(8-12)14(10)20/h7-8H,4-6,9H2,1-3H3,(H,18,22)(H,19,23). The number of nitrogens with zero attached hydrogens (tertiary/aromatic N) is 1. The Balaban J connectivity index is 1.81. The SMILES string of the molecule is CC(C)(C)NC(=O)C(=O)Nc1cc2c3c(c1)CC(=O)N3CCC2. The summed E-state index contributed by atoms with van der Waals surface area (Å²) in [4.78, 5) is 37.8. The van der Waals surface area contributed by atoms with E-state index in [1.807, 2.05) is 31.7 Å². The van der Waals surface area contributed by atoms with Crippen LogP contribution in [0.4, 0.5) is 11.4 Å². The van der Waals surface area contributed by atoms with Crippen LogP contribution in [-0.4, -0.2) is 29.8 Å². The lowest BCUT2D eigenvalue weighted by molar-refractivity contribution is -0.137. The number of carbonyl (C=O) groups excluding carboxylic acids is 3. The molecule has 0 bridgehead atoms. The molecule has 0 atom stereocenters. The minimum absolute atomic E-state index is 0.106. The first-order chi connectivity index (χ1) is 10.7. The zero-order chi connectivity index (χ0) is 16.8. The summed E-state index contributed by atoms with van der Waals surface area (Å²) >= 11 is 0. The van der Waals surface area contributed by atoms with E-state index in [1.165, 1.54) is 0 Å². The molecular weight excluding hydrogens is 294 g/mol. The maximum Gasteiger partial charge on any atom is 0.313 e. The van der Waals surface area contributed by atoms with Crippen molar-refractivity contribution in [1.82, 2.24) is 5.32 Å². The van der Waals surface area contributed by atoms with Gasteiger partial charge in [0.25, 0.3) is 0 Å². The van der Waals surface area contributed by atoms with Gasteiger partial charge in [0.15, 0.2) is 0 Å². The Hall–Kier alpha value is -2.37. The Labute approximate surface area is 135 Å². The van der Waals surface area contributed by atoms with Gasteiger partial charge in [-0.1, -0.05) is 0 Å². The predicted molar refractivity (Wildman–Crippen MR) is 87.3 cm³/mol. The smallest absolute Gasteiger partial charge is 0.313 e. The third-order valence-corrected chi connectivity index (χ3v) is 3.96. The van der Waals surface area contributed by atoms with E-state index in [2.05, 4.69) is 10.6 Å². The van der Waals surface area contributed by atoms with Crippen LogP contribution in [0.15, 0.2) is 12.1 Å². The molecule has 0 saturated heterocycles. The van der Waals surface area contributed by atoms with Crippen molar-refractivity contribution >= 4 is 29.1 Å². The van der Waals surface area contributed by atoms with E-state index < -0.39 is 17.4 Å². The summed E-state index contributed by atoms with van der Waals surface area (Å²) < 4.78 is 0. The van der Waals surface area contributed by atoms with Crippen molar-refractivity contribution in [2.24, 2.45) is 0 Å². The molecule has 0 saturated carbocycles. The highest BCUT2D eigenvalue weighted by molar-refractivity contribution is 6.39. The number of anilines is 2. The summed E-state index contributed by atoms with van der Waals surface area (Å²) in [5, 5.41) is 5.27. The van der Waals surface area contributed by atoms with Crippen molar-refractivity contribution < 1.29 is 14.4 Å². The number of aryl methyl sites for hydroxylation is 1. The molecule has 0 aromatic heterocycles. The maximum atomic E-state index is 12.0. The largest absolute Gasteiger partial charge is 0.343 e. The Morgan fingerprint density at radius 2 is 1.83 bits per heavy atom. The van der Waals surface area contributed by atoms with Gasteiger partial charge in [-0.3, -0.25) is 14.4 Å². The fourth-order valence-electron chi connectivity index (χ4n) is 3.14. The van der Waals surface area contributed by atoms with Crippen molar-refractivity contribution in [1.29, 1.82) is 0 Å². The lowest BCUT2D eigenvalue weighted by Gasteiger charge is -2.26.